The molecular weight excluding hydrogens is 258 g/mol. The molecule has 0 saturated carbocycles. The number of anilines is 1. The Hall–Kier alpha value is -2.30. The number of hydrogen-bond donors (Lipinski definition) is 2. The van der Waals surface area contributed by atoms with E-state index in [2.05, 4.69) is 19.2 Å². The Morgan fingerprint density at radius 1 is 1.35 bits per heavy atom. The van der Waals surface area contributed by atoms with Crippen molar-refractivity contribution < 1.29 is 19.4 Å². The Balaban J connectivity index is 2.55. The molecule has 20 heavy (non-hydrogen) atoms. The van der Waals surface area contributed by atoms with Gasteiger partial charge in [0.1, 0.15) is 5.75 Å². The number of hydrogen-bond acceptors (Lipinski definition) is 3. The minimum Gasteiger partial charge on any atom is -0.494 e. The Bertz CT molecular complexity index is 494. The van der Waals surface area contributed by atoms with Crippen LogP contribution in [0.4, 0.5) is 5.69 Å². The molecule has 108 valence electrons. The summed E-state index contributed by atoms with van der Waals surface area (Å²) in [5, 5.41) is 11.0. The van der Waals surface area contributed by atoms with E-state index >= 15 is 0 Å². The fourth-order valence-electron chi connectivity index (χ4n) is 1.41. The first-order valence-corrected chi connectivity index (χ1v) is 6.42. The van der Waals surface area contributed by atoms with E-state index in [9.17, 15) is 9.59 Å². The Kier molecular flexibility index (Phi) is 6.29. The van der Waals surface area contributed by atoms with Gasteiger partial charge in [-0.2, -0.15) is 0 Å². The lowest BCUT2D eigenvalue weighted by Crippen LogP contribution is -2.09. The summed E-state index contributed by atoms with van der Waals surface area (Å²) in [6.07, 6.45) is 2.71. The molecular formula is C15H19NO4. The minimum atomic E-state index is -1.16. The summed E-state index contributed by atoms with van der Waals surface area (Å²) in [6.45, 7) is 4.86. The second-order valence-corrected chi connectivity index (χ2v) is 4.72. The molecule has 0 aliphatic carbocycles. The van der Waals surface area contributed by atoms with Gasteiger partial charge in [-0.15, -0.1) is 0 Å². The predicted octanol–water partition coefficient (Wildman–Crippen LogP) is 2.69. The Labute approximate surface area is 118 Å². The Morgan fingerprint density at radius 2 is 2.10 bits per heavy atom. The number of carbonyl (C=O) groups excluding carboxylic acids is 1. The molecule has 0 heterocycles. The number of aliphatic carboxylic acids is 1. The second-order valence-electron chi connectivity index (χ2n) is 4.72. The first-order chi connectivity index (χ1) is 9.47. The molecule has 1 aromatic rings. The fraction of sp³-hybridized carbons (Fsp3) is 0.333. The van der Waals surface area contributed by atoms with Crippen molar-refractivity contribution in [2.45, 2.75) is 20.3 Å². The predicted molar refractivity (Wildman–Crippen MR) is 76.8 cm³/mol. The van der Waals surface area contributed by atoms with Crippen molar-refractivity contribution in [2.24, 2.45) is 5.92 Å². The van der Waals surface area contributed by atoms with E-state index in [1.165, 1.54) is 0 Å². The molecule has 0 aliphatic heterocycles. The van der Waals surface area contributed by atoms with Gasteiger partial charge in [-0.25, -0.2) is 4.79 Å². The number of ether oxygens (including phenoxy) is 1. The number of rotatable bonds is 7. The third kappa shape index (κ3) is 6.58. The maximum Gasteiger partial charge on any atom is 0.328 e. The molecule has 5 nitrogen and oxygen atoms in total. The topological polar surface area (TPSA) is 75.6 Å². The van der Waals surface area contributed by atoms with Crippen molar-refractivity contribution >= 4 is 17.6 Å². The van der Waals surface area contributed by atoms with Gasteiger partial charge in [0.05, 0.1) is 6.61 Å². The van der Waals surface area contributed by atoms with Gasteiger partial charge in [-0.05, 0) is 24.5 Å². The molecule has 0 spiro atoms. The van der Waals surface area contributed by atoms with Crippen LogP contribution in [-0.4, -0.2) is 23.6 Å². The molecule has 5 heteroatoms. The summed E-state index contributed by atoms with van der Waals surface area (Å²) < 4.78 is 5.57. The highest BCUT2D eigenvalue weighted by atomic mass is 16.5. The molecule has 2 N–H and O–H groups in total. The highest BCUT2D eigenvalue weighted by molar-refractivity contribution is 6.02. The van der Waals surface area contributed by atoms with Gasteiger partial charge in [0.15, 0.2) is 0 Å². The van der Waals surface area contributed by atoms with Crippen LogP contribution < -0.4 is 10.1 Å². The molecule has 1 amide bonds. The van der Waals surface area contributed by atoms with Crippen molar-refractivity contribution in [2.75, 3.05) is 11.9 Å². The maximum atomic E-state index is 11.4. The first kappa shape index (κ1) is 15.8. The lowest BCUT2D eigenvalue weighted by Gasteiger charge is -2.09. The van der Waals surface area contributed by atoms with Crippen LogP contribution in [0.1, 0.15) is 20.3 Å². The first-order valence-electron chi connectivity index (χ1n) is 6.42. The van der Waals surface area contributed by atoms with Crippen LogP contribution in [0.25, 0.3) is 0 Å². The monoisotopic (exact) mass is 277 g/mol. The van der Waals surface area contributed by atoms with Crippen LogP contribution in [0.2, 0.25) is 0 Å². The van der Waals surface area contributed by atoms with Gasteiger partial charge in [-0.1, -0.05) is 19.9 Å². The maximum absolute atomic E-state index is 11.4. The summed E-state index contributed by atoms with van der Waals surface area (Å²) in [5.74, 6) is -0.414. The summed E-state index contributed by atoms with van der Waals surface area (Å²) >= 11 is 0. The van der Waals surface area contributed by atoms with Crippen LogP contribution in [0.3, 0.4) is 0 Å². The van der Waals surface area contributed by atoms with Crippen LogP contribution in [0, 0.1) is 5.92 Å². The lowest BCUT2D eigenvalue weighted by molar-refractivity contribution is -0.131. The molecule has 1 rings (SSSR count). The molecule has 0 unspecified atom stereocenters. The SMILES string of the molecule is CC(C)CCOc1cccc(NC(=O)/C=C/C(=O)O)c1. The van der Waals surface area contributed by atoms with Crippen molar-refractivity contribution in [3.63, 3.8) is 0 Å². The molecule has 0 aromatic heterocycles. The van der Waals surface area contributed by atoms with Crippen LogP contribution >= 0.6 is 0 Å². The van der Waals surface area contributed by atoms with Crippen molar-refractivity contribution in [3.8, 4) is 5.75 Å². The summed E-state index contributed by atoms with van der Waals surface area (Å²) in [5.41, 5.74) is 0.562. The van der Waals surface area contributed by atoms with Crippen molar-refractivity contribution in [3.05, 3.63) is 36.4 Å². The zero-order valence-electron chi connectivity index (χ0n) is 11.6. The zero-order valence-corrected chi connectivity index (χ0v) is 11.6. The van der Waals surface area contributed by atoms with Gasteiger partial charge in [0.25, 0.3) is 0 Å². The summed E-state index contributed by atoms with van der Waals surface area (Å²) in [4.78, 5) is 21.7. The average molecular weight is 277 g/mol. The number of carboxylic acids is 1. The quantitative estimate of drug-likeness (QED) is 0.751. The average Bonchev–Trinajstić information content (AvgIpc) is 2.36. The van der Waals surface area contributed by atoms with Crippen molar-refractivity contribution in [1.29, 1.82) is 0 Å². The van der Waals surface area contributed by atoms with E-state index in [-0.39, 0.29) is 0 Å². The van der Waals surface area contributed by atoms with E-state index in [1.807, 2.05) is 6.07 Å². The zero-order chi connectivity index (χ0) is 15.0. The highest BCUT2D eigenvalue weighted by Crippen LogP contribution is 2.18. The molecule has 0 aliphatic rings. The molecule has 0 atom stereocenters. The molecule has 0 fully saturated rings. The van der Waals surface area contributed by atoms with Crippen LogP contribution in [0.5, 0.6) is 5.75 Å². The number of nitrogens with one attached hydrogen (secondary N) is 1. The fourth-order valence-corrected chi connectivity index (χ4v) is 1.41. The largest absolute Gasteiger partial charge is 0.494 e. The van der Waals surface area contributed by atoms with Crippen LogP contribution in [0.15, 0.2) is 36.4 Å². The van der Waals surface area contributed by atoms with Crippen LogP contribution in [-0.2, 0) is 9.59 Å². The molecule has 0 radical (unpaired) electrons. The van der Waals surface area contributed by atoms with E-state index in [0.29, 0.717) is 24.0 Å². The van der Waals surface area contributed by atoms with E-state index in [1.54, 1.807) is 18.2 Å². The molecule has 0 saturated heterocycles. The standard InChI is InChI=1S/C15H19NO4/c1-11(2)8-9-20-13-5-3-4-12(10-13)16-14(17)6-7-15(18)19/h3-7,10-11H,8-9H2,1-2H3,(H,16,17)(H,18,19)/b7-6+. The normalized spacial score (nSPS) is 10.8. The van der Waals surface area contributed by atoms with Gasteiger partial charge in [-0.3, -0.25) is 4.79 Å². The van der Waals surface area contributed by atoms with E-state index < -0.39 is 11.9 Å². The third-order valence-corrected chi connectivity index (χ3v) is 2.44. The molecule has 1 aromatic carbocycles. The smallest absolute Gasteiger partial charge is 0.328 e. The lowest BCUT2D eigenvalue weighted by atomic mass is 10.1. The number of carboxylic acid groups (broad SMARTS) is 1. The summed E-state index contributed by atoms with van der Waals surface area (Å²) in [7, 11) is 0. The van der Waals surface area contributed by atoms with Gasteiger partial charge < -0.3 is 15.2 Å². The van der Waals surface area contributed by atoms with E-state index in [4.69, 9.17) is 9.84 Å². The Morgan fingerprint density at radius 3 is 2.75 bits per heavy atom. The second kappa shape index (κ2) is 7.99. The number of amides is 1. The highest BCUT2D eigenvalue weighted by Gasteiger charge is 2.01. The van der Waals surface area contributed by atoms with Gasteiger partial charge >= 0.3 is 5.97 Å². The van der Waals surface area contributed by atoms with Gasteiger partial charge in [0, 0.05) is 23.9 Å². The third-order valence-electron chi connectivity index (χ3n) is 2.44. The van der Waals surface area contributed by atoms with Gasteiger partial charge in [0.2, 0.25) is 5.91 Å². The molecule has 0 bridgehead atoms. The number of carbonyl (C=O) groups is 2. The summed E-state index contributed by atoms with van der Waals surface area (Å²) in [6, 6.07) is 6.99. The minimum absolute atomic E-state index is 0.494. The van der Waals surface area contributed by atoms with Crippen molar-refractivity contribution in [1.82, 2.24) is 0 Å². The van der Waals surface area contributed by atoms with E-state index in [0.717, 1.165) is 18.6 Å². The number of benzene rings is 1.